The van der Waals surface area contributed by atoms with E-state index in [1.165, 1.54) is 24.8 Å². The van der Waals surface area contributed by atoms with Crippen LogP contribution in [0.25, 0.3) is 0 Å². The fourth-order valence-electron chi connectivity index (χ4n) is 1.80. The minimum atomic E-state index is 0.345. The molecule has 0 aliphatic rings. The maximum absolute atomic E-state index is 8.99. The van der Waals surface area contributed by atoms with Gasteiger partial charge in [-0.2, -0.15) is 0 Å². The Morgan fingerprint density at radius 1 is 1.00 bits per heavy atom. The van der Waals surface area contributed by atoms with Gasteiger partial charge in [0.15, 0.2) is 0 Å². The molecule has 0 saturated carbocycles. The molecule has 1 nitrogen and oxygen atoms in total. The lowest BCUT2D eigenvalue weighted by Crippen LogP contribution is -1.92. The van der Waals surface area contributed by atoms with Gasteiger partial charge in [0.25, 0.3) is 0 Å². The van der Waals surface area contributed by atoms with Crippen LogP contribution in [0.15, 0.2) is 24.3 Å². The normalized spacial score (nSPS) is 11.9. The van der Waals surface area contributed by atoms with Gasteiger partial charge in [0.1, 0.15) is 5.75 Å². The number of rotatable bonds is 5. The smallest absolute Gasteiger partial charge is 0.115 e. The van der Waals surface area contributed by atoms with E-state index >= 15 is 0 Å². The Kier molecular flexibility index (Phi) is 9.45. The predicted octanol–water partition coefficient (Wildman–Crippen LogP) is 5.42. The first-order valence-electron chi connectivity index (χ1n) is 7.27. The highest BCUT2D eigenvalue weighted by Gasteiger charge is 1.96. The topological polar surface area (TPSA) is 20.2 Å². The number of benzene rings is 1. The summed E-state index contributed by atoms with van der Waals surface area (Å²) in [5.74, 6) is 1.97. The van der Waals surface area contributed by atoms with Gasteiger partial charge in [-0.05, 0) is 36.0 Å². The maximum atomic E-state index is 8.99. The van der Waals surface area contributed by atoms with E-state index in [4.69, 9.17) is 5.11 Å². The van der Waals surface area contributed by atoms with Crippen LogP contribution in [-0.2, 0) is 6.42 Å². The van der Waals surface area contributed by atoms with Gasteiger partial charge < -0.3 is 5.11 Å². The summed E-state index contributed by atoms with van der Waals surface area (Å²) in [7, 11) is 0. The van der Waals surface area contributed by atoms with E-state index in [1.54, 1.807) is 12.1 Å². The molecule has 0 saturated heterocycles. The molecule has 1 atom stereocenters. The van der Waals surface area contributed by atoms with Gasteiger partial charge >= 0.3 is 0 Å². The molecule has 1 heteroatoms. The summed E-state index contributed by atoms with van der Waals surface area (Å²) in [6.07, 6.45) is 5.17. The van der Waals surface area contributed by atoms with E-state index in [2.05, 4.69) is 34.6 Å². The first-order valence-corrected chi connectivity index (χ1v) is 7.27. The second kappa shape index (κ2) is 9.99. The summed E-state index contributed by atoms with van der Waals surface area (Å²) in [5, 5.41) is 8.99. The molecule has 0 radical (unpaired) electrons. The summed E-state index contributed by atoms with van der Waals surface area (Å²) in [6.45, 7) is 11.2. The average Bonchev–Trinajstić information content (AvgIpc) is 2.33. The van der Waals surface area contributed by atoms with Crippen molar-refractivity contribution < 1.29 is 5.11 Å². The molecule has 0 aromatic heterocycles. The average molecular weight is 250 g/mol. The van der Waals surface area contributed by atoms with E-state index in [-0.39, 0.29) is 0 Å². The molecule has 0 aliphatic heterocycles. The van der Waals surface area contributed by atoms with Crippen LogP contribution in [0.3, 0.4) is 0 Å². The van der Waals surface area contributed by atoms with Crippen molar-refractivity contribution in [2.45, 2.75) is 60.3 Å². The highest BCUT2D eigenvalue weighted by atomic mass is 16.3. The lowest BCUT2D eigenvalue weighted by Gasteiger charge is -2.03. The number of phenolic OH excluding ortho intramolecular Hbond substituents is 1. The van der Waals surface area contributed by atoms with Crippen LogP contribution in [0.1, 0.15) is 59.4 Å². The van der Waals surface area contributed by atoms with Gasteiger partial charge in [-0.25, -0.2) is 0 Å². The molecule has 0 amide bonds. The Bertz CT molecular complexity index is 287. The molecular formula is C17H30O. The molecule has 1 aromatic rings. The third-order valence-corrected chi connectivity index (χ3v) is 3.06. The van der Waals surface area contributed by atoms with Gasteiger partial charge in [-0.1, -0.05) is 66.0 Å². The van der Waals surface area contributed by atoms with Crippen LogP contribution < -0.4 is 0 Å². The lowest BCUT2D eigenvalue weighted by molar-refractivity contribution is 0.475. The molecule has 0 fully saturated rings. The minimum Gasteiger partial charge on any atom is -0.508 e. The molecule has 0 heterocycles. The van der Waals surface area contributed by atoms with Crippen molar-refractivity contribution in [2.24, 2.45) is 11.8 Å². The first-order chi connectivity index (χ1) is 8.49. The van der Waals surface area contributed by atoms with Crippen LogP contribution in [0, 0.1) is 11.8 Å². The molecule has 0 spiro atoms. The van der Waals surface area contributed by atoms with Crippen molar-refractivity contribution >= 4 is 0 Å². The van der Waals surface area contributed by atoms with Crippen molar-refractivity contribution in [2.75, 3.05) is 0 Å². The van der Waals surface area contributed by atoms with Crippen LogP contribution in [0.2, 0.25) is 0 Å². The van der Waals surface area contributed by atoms with Crippen LogP contribution in [0.4, 0.5) is 0 Å². The van der Waals surface area contributed by atoms with Crippen molar-refractivity contribution in [3.63, 3.8) is 0 Å². The number of phenols is 1. The zero-order valence-corrected chi connectivity index (χ0v) is 12.7. The molecule has 0 bridgehead atoms. The van der Waals surface area contributed by atoms with E-state index in [1.807, 2.05) is 12.1 Å². The van der Waals surface area contributed by atoms with Crippen LogP contribution >= 0.6 is 0 Å². The molecule has 1 aromatic carbocycles. The number of hydrogen-bond donors (Lipinski definition) is 1. The summed E-state index contributed by atoms with van der Waals surface area (Å²) in [4.78, 5) is 0. The van der Waals surface area contributed by atoms with Crippen LogP contribution in [-0.4, -0.2) is 5.11 Å². The summed E-state index contributed by atoms with van der Waals surface area (Å²) < 4.78 is 0. The molecule has 1 rings (SSSR count). The zero-order valence-electron chi connectivity index (χ0n) is 12.7. The third-order valence-electron chi connectivity index (χ3n) is 3.06. The SMILES string of the molecule is CC(C)Cc1ccc(O)cc1.CCC[C@H](C)CC. The van der Waals surface area contributed by atoms with E-state index < -0.39 is 0 Å². The van der Waals surface area contributed by atoms with Gasteiger partial charge in [0.2, 0.25) is 0 Å². The van der Waals surface area contributed by atoms with Crippen molar-refractivity contribution in [3.8, 4) is 5.75 Å². The Hall–Kier alpha value is -0.980. The Morgan fingerprint density at radius 2 is 1.56 bits per heavy atom. The van der Waals surface area contributed by atoms with Gasteiger partial charge in [0, 0.05) is 0 Å². The highest BCUT2D eigenvalue weighted by molar-refractivity contribution is 5.25. The van der Waals surface area contributed by atoms with Gasteiger partial charge in [-0.3, -0.25) is 0 Å². The fourth-order valence-corrected chi connectivity index (χ4v) is 1.80. The first kappa shape index (κ1) is 17.0. The number of hydrogen-bond acceptors (Lipinski definition) is 1. The zero-order chi connectivity index (χ0) is 14.0. The van der Waals surface area contributed by atoms with E-state index in [0.29, 0.717) is 11.7 Å². The molecule has 0 aliphatic carbocycles. The Balaban J connectivity index is 0.000000360. The molecular weight excluding hydrogens is 220 g/mol. The standard InChI is InChI=1S/C10H14O.C7H16/c1-8(2)7-9-3-5-10(11)6-4-9;1-4-6-7(3)5-2/h3-6,8,11H,7H2,1-2H3;7H,4-6H2,1-3H3/t;7-/m.1/s1. The third kappa shape index (κ3) is 9.09. The van der Waals surface area contributed by atoms with Gasteiger partial charge in [0.05, 0.1) is 0 Å². The number of aromatic hydroxyl groups is 1. The molecule has 1 N–H and O–H groups in total. The largest absolute Gasteiger partial charge is 0.508 e. The second-order valence-electron chi connectivity index (χ2n) is 5.57. The van der Waals surface area contributed by atoms with Crippen molar-refractivity contribution in [1.29, 1.82) is 0 Å². The molecule has 0 unspecified atom stereocenters. The van der Waals surface area contributed by atoms with Crippen molar-refractivity contribution in [3.05, 3.63) is 29.8 Å². The Labute approximate surface area is 113 Å². The summed E-state index contributed by atoms with van der Waals surface area (Å²) >= 11 is 0. The lowest BCUT2D eigenvalue weighted by atomic mass is 10.0. The minimum absolute atomic E-state index is 0.345. The Morgan fingerprint density at radius 3 is 1.89 bits per heavy atom. The van der Waals surface area contributed by atoms with Gasteiger partial charge in [-0.15, -0.1) is 0 Å². The molecule has 104 valence electrons. The van der Waals surface area contributed by atoms with Crippen LogP contribution in [0.5, 0.6) is 5.75 Å². The second-order valence-corrected chi connectivity index (χ2v) is 5.57. The highest BCUT2D eigenvalue weighted by Crippen LogP contribution is 2.12. The molecule has 18 heavy (non-hydrogen) atoms. The fraction of sp³-hybridized carbons (Fsp3) is 0.647. The quantitative estimate of drug-likeness (QED) is 0.739. The summed E-state index contributed by atoms with van der Waals surface area (Å²) in [5.41, 5.74) is 1.29. The van der Waals surface area contributed by atoms with Crippen molar-refractivity contribution in [1.82, 2.24) is 0 Å². The van der Waals surface area contributed by atoms with E-state index in [0.717, 1.165) is 12.3 Å². The summed E-state index contributed by atoms with van der Waals surface area (Å²) in [6, 6.07) is 7.40. The predicted molar refractivity (Wildman–Crippen MR) is 81.0 cm³/mol. The van der Waals surface area contributed by atoms with E-state index in [9.17, 15) is 0 Å². The monoisotopic (exact) mass is 250 g/mol. The maximum Gasteiger partial charge on any atom is 0.115 e.